The van der Waals surface area contributed by atoms with Gasteiger partial charge in [0.15, 0.2) is 0 Å². The fraction of sp³-hybridized carbons (Fsp3) is 0.267. The first kappa shape index (κ1) is 19.7. The van der Waals surface area contributed by atoms with Crippen molar-refractivity contribution in [3.8, 4) is 11.6 Å². The van der Waals surface area contributed by atoms with Crippen LogP contribution in [0.15, 0.2) is 42.6 Å². The molecule has 0 bridgehead atoms. The van der Waals surface area contributed by atoms with Crippen LogP contribution in [0.5, 0.6) is 11.6 Å². The van der Waals surface area contributed by atoms with Crippen LogP contribution in [0.2, 0.25) is 0 Å². The van der Waals surface area contributed by atoms with Crippen molar-refractivity contribution >= 4 is 24.0 Å². The van der Waals surface area contributed by atoms with E-state index in [1.54, 1.807) is 18.2 Å². The summed E-state index contributed by atoms with van der Waals surface area (Å²) in [6, 6.07) is 9.33. The van der Waals surface area contributed by atoms with E-state index in [0.717, 1.165) is 17.8 Å². The van der Waals surface area contributed by atoms with E-state index >= 15 is 0 Å². The number of rotatable bonds is 2. The normalized spacial score (nSPS) is 10.0. The second-order valence-electron chi connectivity index (χ2n) is 3.80. The minimum atomic E-state index is -4.38. The summed E-state index contributed by atoms with van der Waals surface area (Å²) in [5.74, 6) is 0.677. The number of halogens is 4. The molecule has 0 saturated heterocycles. The van der Waals surface area contributed by atoms with Crippen molar-refractivity contribution in [1.82, 2.24) is 4.98 Å². The van der Waals surface area contributed by atoms with Gasteiger partial charge in [0, 0.05) is 12.3 Å². The number of alkyl halides is 3. The highest BCUT2D eigenvalue weighted by Gasteiger charge is 2.30. The Labute approximate surface area is 139 Å². The molecular weight excluding hydrogens is 394 g/mol. The molecule has 6 heteroatoms. The summed E-state index contributed by atoms with van der Waals surface area (Å²) in [5.41, 5.74) is 0.207. The maximum atomic E-state index is 12.3. The van der Waals surface area contributed by atoms with Crippen molar-refractivity contribution in [2.45, 2.75) is 26.9 Å². The molecule has 2 aromatic rings. The Morgan fingerprint density at radius 1 is 1.05 bits per heavy atom. The third-order valence-corrected chi connectivity index (χ3v) is 2.28. The Hall–Kier alpha value is -1.31. The topological polar surface area (TPSA) is 22.1 Å². The van der Waals surface area contributed by atoms with Gasteiger partial charge in [-0.15, -0.1) is 24.0 Å². The van der Waals surface area contributed by atoms with Crippen LogP contribution >= 0.6 is 24.0 Å². The Morgan fingerprint density at radius 2 is 1.71 bits per heavy atom. The van der Waals surface area contributed by atoms with E-state index in [1.165, 1.54) is 6.07 Å². The molecule has 2 rings (SSSR count). The molecule has 1 aromatic carbocycles. The van der Waals surface area contributed by atoms with Gasteiger partial charge in [0.1, 0.15) is 5.75 Å². The molecule has 0 fully saturated rings. The van der Waals surface area contributed by atoms with E-state index in [4.69, 9.17) is 4.74 Å². The van der Waals surface area contributed by atoms with Crippen LogP contribution in [-0.2, 0) is 6.18 Å². The van der Waals surface area contributed by atoms with Gasteiger partial charge in [-0.3, -0.25) is 0 Å². The van der Waals surface area contributed by atoms with Gasteiger partial charge >= 0.3 is 6.18 Å². The SMILES string of the molecule is CC.Cc1cccc(Oc2ccc(C(F)(F)F)cn2)c1.I. The third kappa shape index (κ3) is 6.33. The number of ether oxygens (including phenoxy) is 1. The molecule has 0 aliphatic heterocycles. The number of hydrogen-bond acceptors (Lipinski definition) is 2. The molecule has 1 aromatic heterocycles. The number of benzene rings is 1. The molecule has 116 valence electrons. The van der Waals surface area contributed by atoms with Crippen LogP contribution in [0, 0.1) is 6.92 Å². The second-order valence-corrected chi connectivity index (χ2v) is 3.80. The molecule has 0 spiro atoms. The number of nitrogens with zero attached hydrogens (tertiary/aromatic N) is 1. The number of aryl methyl sites for hydroxylation is 1. The first-order chi connectivity index (χ1) is 9.45. The van der Waals surface area contributed by atoms with Crippen molar-refractivity contribution in [2.24, 2.45) is 0 Å². The molecule has 0 amide bonds. The van der Waals surface area contributed by atoms with Crippen LogP contribution in [-0.4, -0.2) is 4.98 Å². The number of aromatic nitrogens is 1. The van der Waals surface area contributed by atoms with E-state index in [-0.39, 0.29) is 29.9 Å². The smallest absolute Gasteiger partial charge is 0.417 e. The van der Waals surface area contributed by atoms with Crippen molar-refractivity contribution < 1.29 is 17.9 Å². The van der Waals surface area contributed by atoms with E-state index in [2.05, 4.69) is 4.98 Å². The Balaban J connectivity index is 0.00000128. The summed E-state index contributed by atoms with van der Waals surface area (Å²) in [6.07, 6.45) is -3.63. The quantitative estimate of drug-likeness (QED) is 0.579. The maximum absolute atomic E-state index is 12.3. The summed E-state index contributed by atoms with van der Waals surface area (Å²) >= 11 is 0. The van der Waals surface area contributed by atoms with Gasteiger partial charge in [0.05, 0.1) is 5.56 Å². The predicted molar refractivity (Wildman–Crippen MR) is 87.3 cm³/mol. The van der Waals surface area contributed by atoms with Gasteiger partial charge in [-0.2, -0.15) is 13.2 Å². The lowest BCUT2D eigenvalue weighted by molar-refractivity contribution is -0.137. The van der Waals surface area contributed by atoms with Crippen molar-refractivity contribution in [1.29, 1.82) is 0 Å². The molecule has 0 unspecified atom stereocenters. The average molecular weight is 411 g/mol. The maximum Gasteiger partial charge on any atom is 0.417 e. The van der Waals surface area contributed by atoms with Crippen molar-refractivity contribution in [3.63, 3.8) is 0 Å². The zero-order chi connectivity index (χ0) is 15.2. The highest BCUT2D eigenvalue weighted by molar-refractivity contribution is 14.0. The third-order valence-electron chi connectivity index (χ3n) is 2.28. The summed E-state index contributed by atoms with van der Waals surface area (Å²) in [4.78, 5) is 3.63. The van der Waals surface area contributed by atoms with E-state index in [1.807, 2.05) is 26.8 Å². The molecule has 2 nitrogen and oxygen atoms in total. The van der Waals surface area contributed by atoms with Gasteiger partial charge in [0.2, 0.25) is 5.88 Å². The largest absolute Gasteiger partial charge is 0.439 e. The number of pyridine rings is 1. The standard InChI is InChI=1S/C13H10F3NO.C2H6.HI/c1-9-3-2-4-11(7-9)18-12-6-5-10(8-17-12)13(14,15)16;1-2;/h2-8H,1H3;1-2H3;1H. The lowest BCUT2D eigenvalue weighted by Crippen LogP contribution is -2.05. The molecule has 0 N–H and O–H groups in total. The minimum absolute atomic E-state index is 0. The number of hydrogen-bond donors (Lipinski definition) is 0. The molecule has 0 saturated carbocycles. The molecule has 0 atom stereocenters. The van der Waals surface area contributed by atoms with Gasteiger partial charge in [-0.05, 0) is 30.7 Å². The molecule has 1 heterocycles. The molecular formula is C15H17F3INO. The highest BCUT2D eigenvalue weighted by Crippen LogP contribution is 2.30. The van der Waals surface area contributed by atoms with Crippen molar-refractivity contribution in [2.75, 3.05) is 0 Å². The van der Waals surface area contributed by atoms with Gasteiger partial charge < -0.3 is 4.74 Å². The first-order valence-electron chi connectivity index (χ1n) is 6.23. The van der Waals surface area contributed by atoms with E-state index < -0.39 is 11.7 Å². The van der Waals surface area contributed by atoms with Crippen LogP contribution in [0.1, 0.15) is 25.0 Å². The lowest BCUT2D eigenvalue weighted by Gasteiger charge is -2.08. The van der Waals surface area contributed by atoms with Crippen LogP contribution in [0.3, 0.4) is 0 Å². The molecule has 0 radical (unpaired) electrons. The van der Waals surface area contributed by atoms with Crippen LogP contribution in [0.4, 0.5) is 13.2 Å². The predicted octanol–water partition coefficient (Wildman–Crippen LogP) is 5.85. The van der Waals surface area contributed by atoms with Crippen LogP contribution in [0.25, 0.3) is 0 Å². The van der Waals surface area contributed by atoms with E-state index in [9.17, 15) is 13.2 Å². The molecule has 0 aliphatic rings. The second kappa shape index (κ2) is 8.86. The van der Waals surface area contributed by atoms with Gasteiger partial charge in [-0.25, -0.2) is 4.98 Å². The summed E-state index contributed by atoms with van der Waals surface area (Å²) < 4.78 is 42.3. The summed E-state index contributed by atoms with van der Waals surface area (Å²) in [7, 11) is 0. The van der Waals surface area contributed by atoms with Gasteiger partial charge in [-0.1, -0.05) is 26.0 Å². The average Bonchev–Trinajstić information content (AvgIpc) is 2.41. The zero-order valence-electron chi connectivity index (χ0n) is 11.9. The summed E-state index contributed by atoms with van der Waals surface area (Å²) in [6.45, 7) is 5.90. The monoisotopic (exact) mass is 411 g/mol. The minimum Gasteiger partial charge on any atom is -0.439 e. The van der Waals surface area contributed by atoms with Crippen LogP contribution < -0.4 is 4.74 Å². The first-order valence-corrected chi connectivity index (χ1v) is 6.23. The lowest BCUT2D eigenvalue weighted by atomic mass is 10.2. The Morgan fingerprint density at radius 3 is 2.19 bits per heavy atom. The Kier molecular flexibility index (Phi) is 8.31. The van der Waals surface area contributed by atoms with Gasteiger partial charge in [0.25, 0.3) is 0 Å². The zero-order valence-corrected chi connectivity index (χ0v) is 14.3. The van der Waals surface area contributed by atoms with Crippen molar-refractivity contribution in [3.05, 3.63) is 53.7 Å². The highest BCUT2D eigenvalue weighted by atomic mass is 127. The summed E-state index contributed by atoms with van der Waals surface area (Å²) in [5, 5.41) is 0. The molecule has 21 heavy (non-hydrogen) atoms. The fourth-order valence-corrected chi connectivity index (χ4v) is 1.41. The Bertz CT molecular complexity index is 541. The molecule has 0 aliphatic carbocycles. The fourth-order valence-electron chi connectivity index (χ4n) is 1.41. The van der Waals surface area contributed by atoms with E-state index in [0.29, 0.717) is 5.75 Å².